The number of imidazole rings is 1. The number of hydrogen-bond acceptors (Lipinski definition) is 4. The van der Waals surface area contributed by atoms with Crippen LogP contribution in [0.4, 0.5) is 5.95 Å². The van der Waals surface area contributed by atoms with Gasteiger partial charge in [0.25, 0.3) is 0 Å². The molecule has 92 valence electrons. The van der Waals surface area contributed by atoms with Gasteiger partial charge in [-0.25, -0.2) is 9.97 Å². The molecule has 0 unspecified atom stereocenters. The van der Waals surface area contributed by atoms with Crippen LogP contribution >= 0.6 is 15.9 Å². The van der Waals surface area contributed by atoms with Crippen molar-refractivity contribution in [2.75, 3.05) is 5.73 Å². The van der Waals surface area contributed by atoms with Crippen molar-refractivity contribution in [1.82, 2.24) is 24.3 Å². The van der Waals surface area contributed by atoms with Crippen molar-refractivity contribution >= 4 is 33.0 Å². The van der Waals surface area contributed by atoms with Gasteiger partial charge in [0.2, 0.25) is 5.95 Å². The first-order valence-electron chi connectivity index (χ1n) is 5.38. The molecular weight excluding hydrogens is 296 g/mol. The Morgan fingerprint density at radius 2 is 2.22 bits per heavy atom. The third-order valence-electron chi connectivity index (χ3n) is 2.68. The van der Waals surface area contributed by atoms with E-state index in [0.717, 1.165) is 21.2 Å². The first-order chi connectivity index (χ1) is 8.63. The summed E-state index contributed by atoms with van der Waals surface area (Å²) in [6.45, 7) is 0.616. The molecule has 3 aromatic rings. The Morgan fingerprint density at radius 3 is 2.94 bits per heavy atom. The second kappa shape index (κ2) is 4.09. The minimum atomic E-state index is 0.458. The molecule has 0 aromatic carbocycles. The van der Waals surface area contributed by atoms with E-state index < -0.39 is 0 Å². The summed E-state index contributed by atoms with van der Waals surface area (Å²) in [5, 5.41) is 4.14. The fourth-order valence-electron chi connectivity index (χ4n) is 1.90. The van der Waals surface area contributed by atoms with E-state index in [1.807, 2.05) is 30.1 Å². The molecule has 0 atom stereocenters. The molecule has 0 spiro atoms. The summed E-state index contributed by atoms with van der Waals surface area (Å²) in [4.78, 5) is 8.65. The van der Waals surface area contributed by atoms with E-state index in [1.54, 1.807) is 10.9 Å². The van der Waals surface area contributed by atoms with Crippen molar-refractivity contribution in [3.8, 4) is 0 Å². The molecule has 0 amide bonds. The normalized spacial score (nSPS) is 11.2. The van der Waals surface area contributed by atoms with E-state index in [4.69, 9.17) is 5.73 Å². The molecule has 0 radical (unpaired) electrons. The highest BCUT2D eigenvalue weighted by molar-refractivity contribution is 9.10. The zero-order chi connectivity index (χ0) is 12.7. The summed E-state index contributed by atoms with van der Waals surface area (Å²) in [6.07, 6.45) is 5.50. The lowest BCUT2D eigenvalue weighted by atomic mass is 10.3. The van der Waals surface area contributed by atoms with E-state index in [2.05, 4.69) is 31.0 Å². The Morgan fingerprint density at radius 1 is 1.39 bits per heavy atom. The minimum Gasteiger partial charge on any atom is -0.369 e. The minimum absolute atomic E-state index is 0.458. The van der Waals surface area contributed by atoms with Gasteiger partial charge in [-0.1, -0.05) is 0 Å². The van der Waals surface area contributed by atoms with Gasteiger partial charge in [-0.15, -0.1) is 0 Å². The Hall–Kier alpha value is -1.89. The van der Waals surface area contributed by atoms with Crippen molar-refractivity contribution in [2.24, 2.45) is 7.05 Å². The van der Waals surface area contributed by atoms with Gasteiger partial charge in [0.1, 0.15) is 5.52 Å². The highest BCUT2D eigenvalue weighted by atomic mass is 79.9. The van der Waals surface area contributed by atoms with Crippen molar-refractivity contribution in [3.05, 3.63) is 34.7 Å². The zero-order valence-electron chi connectivity index (χ0n) is 9.71. The molecule has 7 heteroatoms. The maximum Gasteiger partial charge on any atom is 0.202 e. The molecule has 2 N–H and O–H groups in total. The largest absolute Gasteiger partial charge is 0.369 e. The molecule has 0 saturated carbocycles. The Kier molecular flexibility index (Phi) is 2.55. The van der Waals surface area contributed by atoms with Gasteiger partial charge in [0, 0.05) is 29.5 Å². The van der Waals surface area contributed by atoms with Crippen LogP contribution in [0.2, 0.25) is 0 Å². The number of aryl methyl sites for hydroxylation is 1. The maximum absolute atomic E-state index is 5.93. The first kappa shape index (κ1) is 11.2. The fourth-order valence-corrected chi connectivity index (χ4v) is 2.22. The van der Waals surface area contributed by atoms with Crippen LogP contribution < -0.4 is 5.73 Å². The Labute approximate surface area is 112 Å². The number of pyridine rings is 1. The van der Waals surface area contributed by atoms with Crippen LogP contribution in [0, 0.1) is 0 Å². The first-order valence-corrected chi connectivity index (χ1v) is 6.17. The summed E-state index contributed by atoms with van der Waals surface area (Å²) in [7, 11) is 1.88. The summed E-state index contributed by atoms with van der Waals surface area (Å²) in [6, 6.07) is 1.90. The average Bonchev–Trinajstić information content (AvgIpc) is 2.84. The highest BCUT2D eigenvalue weighted by Crippen LogP contribution is 2.20. The lowest BCUT2D eigenvalue weighted by Crippen LogP contribution is -2.04. The summed E-state index contributed by atoms with van der Waals surface area (Å²) < 4.78 is 4.52. The van der Waals surface area contributed by atoms with Gasteiger partial charge in [-0.3, -0.25) is 9.25 Å². The molecule has 0 bridgehead atoms. The number of aromatic nitrogens is 5. The predicted octanol–water partition coefficient (Wildman–Crippen LogP) is 1.56. The molecule has 0 aliphatic heterocycles. The van der Waals surface area contributed by atoms with Gasteiger partial charge in [0.05, 0.1) is 12.7 Å². The molecule has 18 heavy (non-hydrogen) atoms. The van der Waals surface area contributed by atoms with Gasteiger partial charge in [-0.2, -0.15) is 5.10 Å². The molecule has 0 aliphatic rings. The van der Waals surface area contributed by atoms with Gasteiger partial charge in [0.15, 0.2) is 5.65 Å². The Balaban J connectivity index is 2.08. The molecule has 3 heterocycles. The molecule has 0 saturated heterocycles. The van der Waals surface area contributed by atoms with Crippen LogP contribution in [0.25, 0.3) is 11.2 Å². The fraction of sp³-hybridized carbons (Fsp3) is 0.182. The lowest BCUT2D eigenvalue weighted by Gasteiger charge is -2.03. The third kappa shape index (κ3) is 1.86. The molecule has 6 nitrogen and oxygen atoms in total. The smallest absolute Gasteiger partial charge is 0.202 e. The number of nitrogen functional groups attached to an aromatic ring is 1. The molecule has 3 aromatic heterocycles. The monoisotopic (exact) mass is 306 g/mol. The molecule has 0 fully saturated rings. The van der Waals surface area contributed by atoms with Gasteiger partial charge in [-0.05, 0) is 22.0 Å². The van der Waals surface area contributed by atoms with E-state index in [1.165, 1.54) is 0 Å². The van der Waals surface area contributed by atoms with Crippen LogP contribution in [0.15, 0.2) is 29.1 Å². The highest BCUT2D eigenvalue weighted by Gasteiger charge is 2.10. The van der Waals surface area contributed by atoms with Crippen LogP contribution in [0.5, 0.6) is 0 Å². The quantitative estimate of drug-likeness (QED) is 0.779. The number of nitrogens with zero attached hydrogens (tertiary/aromatic N) is 5. The number of rotatable bonds is 2. The maximum atomic E-state index is 5.93. The van der Waals surface area contributed by atoms with Crippen molar-refractivity contribution in [3.63, 3.8) is 0 Å². The van der Waals surface area contributed by atoms with Crippen molar-refractivity contribution in [2.45, 2.75) is 6.54 Å². The number of nitrogens with two attached hydrogens (primary N) is 1. The second-order valence-electron chi connectivity index (χ2n) is 4.07. The zero-order valence-corrected chi connectivity index (χ0v) is 11.3. The van der Waals surface area contributed by atoms with Crippen LogP contribution in [0.1, 0.15) is 5.56 Å². The van der Waals surface area contributed by atoms with E-state index in [9.17, 15) is 0 Å². The molecular formula is C11H11BrN6. The standard InChI is InChI=1S/C11H11BrN6/c1-17-5-7(3-15-17)6-18-10-9(16-11(18)13)2-8(12)4-14-10/h2-5H,6H2,1H3,(H2,13,16). The number of halogens is 1. The molecule has 3 rings (SSSR count). The number of fused-ring (bicyclic) bond motifs is 1. The summed E-state index contributed by atoms with van der Waals surface area (Å²) in [5.41, 5.74) is 8.55. The Bertz CT molecular complexity index is 713. The lowest BCUT2D eigenvalue weighted by molar-refractivity contribution is 0.764. The summed E-state index contributed by atoms with van der Waals surface area (Å²) in [5.74, 6) is 0.458. The van der Waals surface area contributed by atoms with Crippen LogP contribution in [-0.4, -0.2) is 24.3 Å². The molecule has 0 aliphatic carbocycles. The topological polar surface area (TPSA) is 74.5 Å². The van der Waals surface area contributed by atoms with Crippen LogP contribution in [0.3, 0.4) is 0 Å². The predicted molar refractivity (Wildman–Crippen MR) is 72.0 cm³/mol. The second-order valence-corrected chi connectivity index (χ2v) is 4.99. The van der Waals surface area contributed by atoms with Gasteiger partial charge < -0.3 is 5.73 Å². The van der Waals surface area contributed by atoms with Gasteiger partial charge >= 0.3 is 0 Å². The number of anilines is 1. The number of hydrogen-bond donors (Lipinski definition) is 1. The SMILES string of the molecule is Cn1cc(Cn2c(N)nc3cc(Br)cnc32)cn1. The van der Waals surface area contributed by atoms with E-state index >= 15 is 0 Å². The van der Waals surface area contributed by atoms with Crippen molar-refractivity contribution in [1.29, 1.82) is 0 Å². The summed E-state index contributed by atoms with van der Waals surface area (Å²) >= 11 is 3.37. The van der Waals surface area contributed by atoms with E-state index in [-0.39, 0.29) is 0 Å². The van der Waals surface area contributed by atoms with Crippen molar-refractivity contribution < 1.29 is 0 Å². The average molecular weight is 307 g/mol. The van der Waals surface area contributed by atoms with Crippen LogP contribution in [-0.2, 0) is 13.6 Å². The third-order valence-corrected chi connectivity index (χ3v) is 3.11. The van der Waals surface area contributed by atoms with E-state index in [0.29, 0.717) is 12.5 Å².